The lowest BCUT2D eigenvalue weighted by atomic mass is 9.86. The molecule has 0 aliphatic carbocycles. The number of aromatic nitrogens is 2. The van der Waals surface area contributed by atoms with Gasteiger partial charge in [0, 0.05) is 25.5 Å². The van der Waals surface area contributed by atoms with E-state index in [0.29, 0.717) is 0 Å². The normalized spacial score (nSPS) is 22.3. The van der Waals surface area contributed by atoms with Crippen molar-refractivity contribution in [2.24, 2.45) is 0 Å². The van der Waals surface area contributed by atoms with Crippen LogP contribution >= 0.6 is 12.4 Å². The molecule has 6 heteroatoms. The van der Waals surface area contributed by atoms with Crippen LogP contribution in [0.3, 0.4) is 0 Å². The zero-order valence-corrected chi connectivity index (χ0v) is 14.0. The minimum atomic E-state index is -0.464. The molecule has 2 saturated heterocycles. The Morgan fingerprint density at radius 2 is 1.68 bits per heavy atom. The van der Waals surface area contributed by atoms with Crippen molar-refractivity contribution >= 4 is 18.3 Å². The Balaban J connectivity index is 0.00000176. The first kappa shape index (κ1) is 17.3. The Kier molecular flexibility index (Phi) is 6.26. The van der Waals surface area contributed by atoms with Crippen LogP contribution < -0.4 is 5.32 Å². The van der Waals surface area contributed by atoms with Gasteiger partial charge in [0.25, 0.3) is 5.91 Å². The third-order valence-corrected chi connectivity index (χ3v) is 4.92. The molecule has 0 atom stereocenters. The number of hydrogen-bond donors (Lipinski definition) is 1. The van der Waals surface area contributed by atoms with Crippen LogP contribution in [0.4, 0.5) is 0 Å². The molecule has 3 rings (SSSR count). The average molecular weight is 327 g/mol. The van der Waals surface area contributed by atoms with Crippen molar-refractivity contribution in [1.29, 1.82) is 0 Å². The summed E-state index contributed by atoms with van der Waals surface area (Å²) in [4.78, 5) is 15.4. The Hall–Kier alpha value is -1.07. The predicted octanol–water partition coefficient (Wildman–Crippen LogP) is 2.18. The van der Waals surface area contributed by atoms with Crippen LogP contribution in [0.5, 0.6) is 0 Å². The number of nitrogens with zero attached hydrogens (tertiary/aromatic N) is 3. The zero-order valence-electron chi connectivity index (χ0n) is 13.2. The molecule has 5 nitrogen and oxygen atoms in total. The van der Waals surface area contributed by atoms with Gasteiger partial charge in [0.1, 0.15) is 5.54 Å². The van der Waals surface area contributed by atoms with Gasteiger partial charge in [-0.2, -0.15) is 5.10 Å². The van der Waals surface area contributed by atoms with Gasteiger partial charge < -0.3 is 10.2 Å². The third-order valence-electron chi connectivity index (χ3n) is 4.92. The number of halogens is 1. The van der Waals surface area contributed by atoms with Crippen molar-refractivity contribution in [2.45, 2.75) is 50.5 Å². The Bertz CT molecular complexity index is 449. The first-order valence-corrected chi connectivity index (χ1v) is 8.33. The van der Waals surface area contributed by atoms with Crippen molar-refractivity contribution in [3.8, 4) is 0 Å². The van der Waals surface area contributed by atoms with Crippen molar-refractivity contribution in [2.75, 3.05) is 26.2 Å². The fourth-order valence-corrected chi connectivity index (χ4v) is 3.65. The summed E-state index contributed by atoms with van der Waals surface area (Å²) in [5.41, 5.74) is -0.464. The van der Waals surface area contributed by atoms with Crippen molar-refractivity contribution < 1.29 is 4.79 Å². The maximum absolute atomic E-state index is 13.3. The van der Waals surface area contributed by atoms with E-state index in [0.717, 1.165) is 51.9 Å². The Morgan fingerprint density at radius 1 is 1.05 bits per heavy atom. The molecule has 0 saturated carbocycles. The fraction of sp³-hybridized carbons (Fsp3) is 0.750. The third kappa shape index (κ3) is 3.46. The predicted molar refractivity (Wildman–Crippen MR) is 89.2 cm³/mol. The van der Waals surface area contributed by atoms with Crippen molar-refractivity contribution in [3.63, 3.8) is 0 Å². The standard InChI is InChI=1S/C16H26N4O.ClH/c21-15(19-12-4-2-1-3-5-13-19)16(7-10-17-11-8-16)20-14-6-9-18-20;/h6,9,14,17H,1-5,7-8,10-13H2;1H. The maximum Gasteiger partial charge on any atom is 0.250 e. The summed E-state index contributed by atoms with van der Waals surface area (Å²) in [7, 11) is 0. The van der Waals surface area contributed by atoms with E-state index in [1.165, 1.54) is 19.3 Å². The maximum atomic E-state index is 13.3. The highest BCUT2D eigenvalue weighted by molar-refractivity contribution is 5.85. The van der Waals surface area contributed by atoms with Crippen LogP contribution in [-0.2, 0) is 10.3 Å². The van der Waals surface area contributed by atoms with Crippen molar-refractivity contribution in [3.05, 3.63) is 18.5 Å². The zero-order chi connectivity index (χ0) is 14.5. The lowest BCUT2D eigenvalue weighted by molar-refractivity contribution is -0.143. The average Bonchev–Trinajstić information content (AvgIpc) is 3.02. The summed E-state index contributed by atoms with van der Waals surface area (Å²) in [6.45, 7) is 3.60. The molecule has 1 aromatic rings. The van der Waals surface area contributed by atoms with Gasteiger partial charge in [-0.15, -0.1) is 12.4 Å². The molecule has 0 radical (unpaired) electrons. The number of carbonyl (C=O) groups excluding carboxylic acids is 1. The molecule has 1 amide bonds. The van der Waals surface area contributed by atoms with Gasteiger partial charge in [-0.05, 0) is 44.8 Å². The molecule has 0 aromatic carbocycles. The van der Waals surface area contributed by atoms with Crippen LogP contribution in [-0.4, -0.2) is 46.8 Å². The highest BCUT2D eigenvalue weighted by Crippen LogP contribution is 2.30. The summed E-state index contributed by atoms with van der Waals surface area (Å²) in [6, 6.07) is 1.92. The molecule has 1 N–H and O–H groups in total. The summed E-state index contributed by atoms with van der Waals surface area (Å²) < 4.78 is 1.91. The van der Waals surface area contributed by atoms with E-state index in [4.69, 9.17) is 0 Å². The van der Waals surface area contributed by atoms with Gasteiger partial charge in [-0.25, -0.2) is 0 Å². The number of likely N-dealkylation sites (tertiary alicyclic amines) is 1. The summed E-state index contributed by atoms with van der Waals surface area (Å²) in [5.74, 6) is 0.287. The topological polar surface area (TPSA) is 50.2 Å². The van der Waals surface area contributed by atoms with Gasteiger partial charge in [0.15, 0.2) is 0 Å². The van der Waals surface area contributed by atoms with Gasteiger partial charge in [0.05, 0.1) is 0 Å². The second-order valence-electron chi connectivity index (χ2n) is 6.29. The van der Waals surface area contributed by atoms with Crippen LogP contribution in [0.15, 0.2) is 18.5 Å². The van der Waals surface area contributed by atoms with E-state index >= 15 is 0 Å². The lowest BCUT2D eigenvalue weighted by Gasteiger charge is -2.40. The molecule has 1 aromatic heterocycles. The van der Waals surface area contributed by atoms with E-state index in [1.807, 2.05) is 16.9 Å². The molecular formula is C16H27ClN4O. The smallest absolute Gasteiger partial charge is 0.250 e. The Labute approximate surface area is 138 Å². The van der Waals surface area contributed by atoms with Crippen LogP contribution in [0.2, 0.25) is 0 Å². The summed E-state index contributed by atoms with van der Waals surface area (Å²) in [5, 5.41) is 7.78. The molecule has 124 valence electrons. The number of piperidine rings is 1. The molecule has 2 fully saturated rings. The molecule has 3 heterocycles. The monoisotopic (exact) mass is 326 g/mol. The largest absolute Gasteiger partial charge is 0.341 e. The van der Waals surface area contributed by atoms with E-state index in [9.17, 15) is 4.79 Å². The fourth-order valence-electron chi connectivity index (χ4n) is 3.65. The number of carbonyl (C=O) groups is 1. The van der Waals surface area contributed by atoms with Gasteiger partial charge in [-0.1, -0.05) is 19.3 Å². The molecule has 0 unspecified atom stereocenters. The molecule has 0 bridgehead atoms. The van der Waals surface area contributed by atoms with E-state index < -0.39 is 5.54 Å². The molecular weight excluding hydrogens is 300 g/mol. The van der Waals surface area contributed by atoms with Crippen LogP contribution in [0, 0.1) is 0 Å². The van der Waals surface area contributed by atoms with E-state index in [2.05, 4.69) is 15.3 Å². The second-order valence-corrected chi connectivity index (χ2v) is 6.29. The van der Waals surface area contributed by atoms with Crippen molar-refractivity contribution in [1.82, 2.24) is 20.0 Å². The first-order chi connectivity index (χ1) is 10.3. The number of rotatable bonds is 2. The second kappa shape index (κ2) is 7.97. The highest BCUT2D eigenvalue weighted by Gasteiger charge is 2.44. The SMILES string of the molecule is Cl.O=C(N1CCCCCCC1)C1(n2cccn2)CCNCC1. The highest BCUT2D eigenvalue weighted by atomic mass is 35.5. The summed E-state index contributed by atoms with van der Waals surface area (Å²) in [6.07, 6.45) is 11.5. The van der Waals surface area contributed by atoms with Gasteiger partial charge in [0.2, 0.25) is 0 Å². The van der Waals surface area contributed by atoms with E-state index in [1.54, 1.807) is 6.20 Å². The Morgan fingerprint density at radius 3 is 2.27 bits per heavy atom. The van der Waals surface area contributed by atoms with Crippen LogP contribution in [0.1, 0.15) is 44.9 Å². The minimum absolute atomic E-state index is 0. The first-order valence-electron chi connectivity index (χ1n) is 8.33. The number of nitrogens with one attached hydrogen (secondary N) is 1. The van der Waals surface area contributed by atoms with Gasteiger partial charge >= 0.3 is 0 Å². The lowest BCUT2D eigenvalue weighted by Crippen LogP contribution is -2.56. The number of amides is 1. The van der Waals surface area contributed by atoms with Gasteiger partial charge in [-0.3, -0.25) is 9.48 Å². The quantitative estimate of drug-likeness (QED) is 0.906. The molecule has 2 aliphatic rings. The minimum Gasteiger partial charge on any atom is -0.341 e. The number of hydrogen-bond acceptors (Lipinski definition) is 3. The summed E-state index contributed by atoms with van der Waals surface area (Å²) >= 11 is 0. The van der Waals surface area contributed by atoms with E-state index in [-0.39, 0.29) is 18.3 Å². The molecule has 0 spiro atoms. The van der Waals surface area contributed by atoms with Crippen LogP contribution in [0.25, 0.3) is 0 Å². The molecule has 2 aliphatic heterocycles. The molecule has 22 heavy (non-hydrogen) atoms.